The lowest BCUT2D eigenvalue weighted by Crippen LogP contribution is -2.41. The minimum atomic E-state index is -0.288. The first-order chi connectivity index (χ1) is 17.3. The number of methoxy groups -OCH3 is 1. The summed E-state index contributed by atoms with van der Waals surface area (Å²) in [5.41, 5.74) is 8.20. The maximum atomic E-state index is 13.6. The standard InChI is InChI=1S/C28H31N3O5/c1-28(2,16-29)17-31(27(33)21-10-11-24-25(14-21)36-18-35-24)15-19-6-4-8-22(12-19)30-26(32)20-7-5-9-23(13-20)34-3/h4-14H,15-18,29H2,1-3H3,(H,30,32). The number of nitrogens with two attached hydrogens (primary N) is 1. The van der Waals surface area contributed by atoms with Gasteiger partial charge in [-0.25, -0.2) is 0 Å². The van der Waals surface area contributed by atoms with Crippen LogP contribution in [0.15, 0.2) is 66.7 Å². The van der Waals surface area contributed by atoms with Crippen molar-refractivity contribution < 1.29 is 23.8 Å². The lowest BCUT2D eigenvalue weighted by atomic mass is 9.92. The summed E-state index contributed by atoms with van der Waals surface area (Å²) in [6.07, 6.45) is 0. The second-order valence-corrected chi connectivity index (χ2v) is 9.48. The van der Waals surface area contributed by atoms with Crippen molar-refractivity contribution in [3.63, 3.8) is 0 Å². The lowest BCUT2D eigenvalue weighted by molar-refractivity contribution is 0.0672. The highest BCUT2D eigenvalue weighted by atomic mass is 16.7. The molecule has 188 valence electrons. The zero-order valence-electron chi connectivity index (χ0n) is 20.7. The number of carbonyl (C=O) groups excluding carboxylic acids is 2. The molecule has 8 nitrogen and oxygen atoms in total. The van der Waals surface area contributed by atoms with E-state index >= 15 is 0 Å². The highest BCUT2D eigenvalue weighted by Crippen LogP contribution is 2.33. The SMILES string of the molecule is COc1cccc(C(=O)Nc2cccc(CN(CC(C)(C)CN)C(=O)c3ccc4c(c3)OCO4)c2)c1. The average Bonchev–Trinajstić information content (AvgIpc) is 3.36. The van der Waals surface area contributed by atoms with E-state index in [4.69, 9.17) is 19.9 Å². The lowest BCUT2D eigenvalue weighted by Gasteiger charge is -2.32. The van der Waals surface area contributed by atoms with Crippen LogP contribution in [0.4, 0.5) is 5.69 Å². The highest BCUT2D eigenvalue weighted by molar-refractivity contribution is 6.04. The molecule has 3 aromatic carbocycles. The predicted molar refractivity (Wildman–Crippen MR) is 138 cm³/mol. The molecular weight excluding hydrogens is 458 g/mol. The first-order valence-electron chi connectivity index (χ1n) is 11.7. The van der Waals surface area contributed by atoms with Crippen LogP contribution in [-0.4, -0.2) is 43.7 Å². The maximum Gasteiger partial charge on any atom is 0.255 e. The van der Waals surface area contributed by atoms with Gasteiger partial charge in [0.15, 0.2) is 11.5 Å². The van der Waals surface area contributed by atoms with Gasteiger partial charge < -0.3 is 30.2 Å². The fourth-order valence-corrected chi connectivity index (χ4v) is 3.93. The first kappa shape index (κ1) is 25.1. The molecule has 1 aliphatic rings. The summed E-state index contributed by atoms with van der Waals surface area (Å²) in [7, 11) is 1.56. The number of nitrogens with one attached hydrogen (secondary N) is 1. The minimum Gasteiger partial charge on any atom is -0.497 e. The summed E-state index contributed by atoms with van der Waals surface area (Å²) < 4.78 is 16.0. The third-order valence-corrected chi connectivity index (χ3v) is 5.97. The van der Waals surface area contributed by atoms with Crippen molar-refractivity contribution in [2.24, 2.45) is 11.1 Å². The number of hydrogen-bond donors (Lipinski definition) is 2. The Bertz CT molecular complexity index is 1260. The van der Waals surface area contributed by atoms with E-state index in [1.54, 1.807) is 54.5 Å². The van der Waals surface area contributed by atoms with E-state index in [2.05, 4.69) is 5.32 Å². The summed E-state index contributed by atoms with van der Waals surface area (Å²) >= 11 is 0. The third kappa shape index (κ3) is 5.95. The molecule has 0 bridgehead atoms. The fourth-order valence-electron chi connectivity index (χ4n) is 3.93. The molecule has 8 heteroatoms. The topological polar surface area (TPSA) is 103 Å². The van der Waals surface area contributed by atoms with E-state index in [9.17, 15) is 9.59 Å². The summed E-state index contributed by atoms with van der Waals surface area (Å²) in [4.78, 5) is 28.1. The van der Waals surface area contributed by atoms with Gasteiger partial charge in [-0.2, -0.15) is 0 Å². The third-order valence-electron chi connectivity index (χ3n) is 5.97. The Morgan fingerprint density at radius 2 is 1.78 bits per heavy atom. The molecule has 0 atom stereocenters. The number of hydrogen-bond acceptors (Lipinski definition) is 6. The second-order valence-electron chi connectivity index (χ2n) is 9.48. The number of anilines is 1. The van der Waals surface area contributed by atoms with Crippen molar-refractivity contribution in [2.75, 3.05) is 32.3 Å². The van der Waals surface area contributed by atoms with E-state index in [-0.39, 0.29) is 24.0 Å². The van der Waals surface area contributed by atoms with Crippen LogP contribution in [0.1, 0.15) is 40.1 Å². The minimum absolute atomic E-state index is 0.138. The van der Waals surface area contributed by atoms with Gasteiger partial charge in [0.25, 0.3) is 11.8 Å². The number of benzene rings is 3. The van der Waals surface area contributed by atoms with Gasteiger partial charge >= 0.3 is 0 Å². The number of carbonyl (C=O) groups is 2. The van der Waals surface area contributed by atoms with Crippen molar-refractivity contribution in [2.45, 2.75) is 20.4 Å². The van der Waals surface area contributed by atoms with Crippen LogP contribution < -0.4 is 25.3 Å². The molecule has 36 heavy (non-hydrogen) atoms. The molecule has 3 N–H and O–H groups in total. The Morgan fingerprint density at radius 1 is 1.00 bits per heavy atom. The van der Waals surface area contributed by atoms with E-state index in [1.165, 1.54) is 0 Å². The summed E-state index contributed by atoms with van der Waals surface area (Å²) in [5, 5.41) is 2.92. The quantitative estimate of drug-likeness (QED) is 0.465. The molecule has 0 radical (unpaired) electrons. The van der Waals surface area contributed by atoms with Gasteiger partial charge in [0, 0.05) is 29.9 Å². The maximum absolute atomic E-state index is 13.6. The van der Waals surface area contributed by atoms with Crippen molar-refractivity contribution in [1.29, 1.82) is 0 Å². The van der Waals surface area contributed by atoms with Crippen molar-refractivity contribution in [1.82, 2.24) is 4.90 Å². The van der Waals surface area contributed by atoms with Crippen LogP contribution in [0.25, 0.3) is 0 Å². The fraction of sp³-hybridized carbons (Fsp3) is 0.286. The molecule has 2 amide bonds. The normalized spacial score (nSPS) is 12.2. The molecule has 3 aromatic rings. The number of ether oxygens (including phenoxy) is 3. The summed E-state index contributed by atoms with van der Waals surface area (Å²) in [6, 6.07) is 19.6. The largest absolute Gasteiger partial charge is 0.497 e. The highest BCUT2D eigenvalue weighted by Gasteiger charge is 2.26. The molecule has 0 unspecified atom stereocenters. The molecular formula is C28H31N3O5. The molecule has 4 rings (SSSR count). The smallest absolute Gasteiger partial charge is 0.255 e. The molecule has 0 spiro atoms. The Balaban J connectivity index is 1.54. The zero-order chi connectivity index (χ0) is 25.7. The molecule has 0 aliphatic carbocycles. The summed E-state index contributed by atoms with van der Waals surface area (Å²) in [5.74, 6) is 1.40. The van der Waals surface area contributed by atoms with Gasteiger partial charge in [-0.3, -0.25) is 9.59 Å². The van der Waals surface area contributed by atoms with Crippen LogP contribution in [0.5, 0.6) is 17.2 Å². The number of fused-ring (bicyclic) bond motifs is 1. The van der Waals surface area contributed by atoms with Crippen molar-refractivity contribution in [3.05, 3.63) is 83.4 Å². The zero-order valence-corrected chi connectivity index (χ0v) is 20.7. The van der Waals surface area contributed by atoms with E-state index in [0.29, 0.717) is 53.7 Å². The molecule has 0 saturated carbocycles. The van der Waals surface area contributed by atoms with Gasteiger partial charge in [-0.1, -0.05) is 32.0 Å². The molecule has 0 saturated heterocycles. The monoisotopic (exact) mass is 489 g/mol. The van der Waals surface area contributed by atoms with Gasteiger partial charge in [0.1, 0.15) is 5.75 Å². The van der Waals surface area contributed by atoms with Crippen LogP contribution in [-0.2, 0) is 6.54 Å². The first-order valence-corrected chi connectivity index (χ1v) is 11.7. The number of nitrogens with zero attached hydrogens (tertiary/aromatic N) is 1. The van der Waals surface area contributed by atoms with Crippen LogP contribution in [0.2, 0.25) is 0 Å². The Kier molecular flexibility index (Phi) is 7.45. The number of rotatable bonds is 9. The van der Waals surface area contributed by atoms with E-state index in [1.807, 2.05) is 38.1 Å². The second kappa shape index (κ2) is 10.7. The van der Waals surface area contributed by atoms with Gasteiger partial charge in [-0.05, 0) is 66.1 Å². The summed E-state index contributed by atoms with van der Waals surface area (Å²) in [6.45, 7) is 5.42. The Morgan fingerprint density at radius 3 is 2.56 bits per heavy atom. The van der Waals surface area contributed by atoms with Crippen LogP contribution in [0.3, 0.4) is 0 Å². The van der Waals surface area contributed by atoms with Crippen LogP contribution in [0, 0.1) is 5.41 Å². The number of amides is 2. The van der Waals surface area contributed by atoms with Crippen LogP contribution >= 0.6 is 0 Å². The molecule has 0 fully saturated rings. The van der Waals surface area contributed by atoms with Gasteiger partial charge in [0.2, 0.25) is 6.79 Å². The Labute approximate surface area is 211 Å². The van der Waals surface area contributed by atoms with Crippen molar-refractivity contribution >= 4 is 17.5 Å². The van der Waals surface area contributed by atoms with Gasteiger partial charge in [0.05, 0.1) is 7.11 Å². The predicted octanol–water partition coefficient (Wildman–Crippen LogP) is 4.30. The molecule has 1 aliphatic heterocycles. The van der Waals surface area contributed by atoms with Crippen molar-refractivity contribution in [3.8, 4) is 17.2 Å². The van der Waals surface area contributed by atoms with Gasteiger partial charge in [-0.15, -0.1) is 0 Å². The van der Waals surface area contributed by atoms with E-state index in [0.717, 1.165) is 5.56 Å². The average molecular weight is 490 g/mol. The van der Waals surface area contributed by atoms with E-state index < -0.39 is 0 Å². The Hall–Kier alpha value is -4.04. The molecule has 1 heterocycles. The molecule has 0 aromatic heterocycles.